The quantitative estimate of drug-likeness (QED) is 0.760. The lowest BCUT2D eigenvalue weighted by Crippen LogP contribution is -2.04. The second-order valence-corrected chi connectivity index (χ2v) is 3.20. The molecule has 0 radical (unpaired) electrons. The van der Waals surface area contributed by atoms with E-state index in [1.54, 1.807) is 13.3 Å². The lowest BCUT2D eigenvalue weighted by molar-refractivity contribution is 0.237. The van der Waals surface area contributed by atoms with Crippen LogP contribution in [0.2, 0.25) is 0 Å². The van der Waals surface area contributed by atoms with E-state index in [9.17, 15) is 0 Å². The number of nitrogens with zero attached hydrogens (tertiary/aromatic N) is 1. The minimum atomic E-state index is 0.213. The van der Waals surface area contributed by atoms with E-state index in [4.69, 9.17) is 9.84 Å². The van der Waals surface area contributed by atoms with Crippen LogP contribution in [-0.4, -0.2) is 23.8 Å². The number of aliphatic hydroxyl groups is 1. The highest BCUT2D eigenvalue weighted by Crippen LogP contribution is 2.12. The summed E-state index contributed by atoms with van der Waals surface area (Å²) in [4.78, 5) is 4.01. The zero-order chi connectivity index (χ0) is 9.68. The van der Waals surface area contributed by atoms with Gasteiger partial charge in [0.2, 0.25) is 5.88 Å². The largest absolute Gasteiger partial charge is 0.481 e. The van der Waals surface area contributed by atoms with E-state index >= 15 is 0 Å². The van der Waals surface area contributed by atoms with E-state index in [-0.39, 0.29) is 12.5 Å². The summed E-state index contributed by atoms with van der Waals surface area (Å²) in [5.41, 5.74) is 1.15. The Morgan fingerprint density at radius 3 is 3.00 bits per heavy atom. The fraction of sp³-hybridized carbons (Fsp3) is 0.500. The first-order valence-electron chi connectivity index (χ1n) is 4.36. The van der Waals surface area contributed by atoms with E-state index in [1.807, 2.05) is 19.1 Å². The van der Waals surface area contributed by atoms with Crippen LogP contribution in [0.4, 0.5) is 0 Å². The third kappa shape index (κ3) is 3.03. The molecule has 13 heavy (non-hydrogen) atoms. The average molecular weight is 181 g/mol. The first-order chi connectivity index (χ1) is 6.26. The topological polar surface area (TPSA) is 42.4 Å². The maximum absolute atomic E-state index is 8.88. The molecule has 0 saturated heterocycles. The molecule has 0 amide bonds. The number of pyridine rings is 1. The van der Waals surface area contributed by atoms with E-state index in [0.717, 1.165) is 12.0 Å². The standard InChI is InChI=1S/C10H15NO2/c1-8(7-12)5-9-3-4-11-10(6-9)13-2/h3-4,6,8,12H,5,7H2,1-2H3/t8-/m0/s1. The summed E-state index contributed by atoms with van der Waals surface area (Å²) in [5.74, 6) is 0.912. The van der Waals surface area contributed by atoms with Gasteiger partial charge in [0.25, 0.3) is 0 Å². The van der Waals surface area contributed by atoms with Gasteiger partial charge >= 0.3 is 0 Å². The second-order valence-electron chi connectivity index (χ2n) is 3.20. The molecule has 0 bridgehead atoms. The predicted octanol–water partition coefficient (Wildman–Crippen LogP) is 1.26. The summed E-state index contributed by atoms with van der Waals surface area (Å²) >= 11 is 0. The monoisotopic (exact) mass is 181 g/mol. The van der Waals surface area contributed by atoms with Gasteiger partial charge in [-0.3, -0.25) is 0 Å². The molecule has 1 aromatic rings. The first kappa shape index (κ1) is 9.99. The maximum atomic E-state index is 8.88. The molecule has 0 fully saturated rings. The van der Waals surface area contributed by atoms with E-state index in [2.05, 4.69) is 4.98 Å². The number of aromatic nitrogens is 1. The smallest absolute Gasteiger partial charge is 0.213 e. The van der Waals surface area contributed by atoms with Gasteiger partial charge in [0.15, 0.2) is 0 Å². The van der Waals surface area contributed by atoms with Crippen molar-refractivity contribution in [2.75, 3.05) is 13.7 Å². The van der Waals surface area contributed by atoms with Crippen LogP contribution < -0.4 is 4.74 Å². The highest BCUT2D eigenvalue weighted by atomic mass is 16.5. The SMILES string of the molecule is COc1cc(C[C@H](C)CO)ccn1. The Hall–Kier alpha value is -1.09. The van der Waals surface area contributed by atoms with Crippen LogP contribution in [0, 0.1) is 5.92 Å². The molecular weight excluding hydrogens is 166 g/mol. The fourth-order valence-corrected chi connectivity index (χ4v) is 1.16. The van der Waals surface area contributed by atoms with Crippen LogP contribution in [0.3, 0.4) is 0 Å². The molecule has 1 heterocycles. The van der Waals surface area contributed by atoms with Crippen LogP contribution >= 0.6 is 0 Å². The van der Waals surface area contributed by atoms with Gasteiger partial charge in [-0.05, 0) is 24.0 Å². The lowest BCUT2D eigenvalue weighted by Gasteiger charge is -2.07. The highest BCUT2D eigenvalue weighted by molar-refractivity contribution is 5.20. The van der Waals surface area contributed by atoms with E-state index < -0.39 is 0 Å². The van der Waals surface area contributed by atoms with Crippen LogP contribution in [0.1, 0.15) is 12.5 Å². The first-order valence-corrected chi connectivity index (χ1v) is 4.36. The number of methoxy groups -OCH3 is 1. The molecule has 0 saturated carbocycles. The van der Waals surface area contributed by atoms with Crippen molar-refractivity contribution in [3.8, 4) is 5.88 Å². The molecule has 1 N–H and O–H groups in total. The molecule has 3 nitrogen and oxygen atoms in total. The van der Waals surface area contributed by atoms with Gasteiger partial charge in [0.05, 0.1) is 7.11 Å². The molecule has 0 spiro atoms. The van der Waals surface area contributed by atoms with Crippen LogP contribution in [0.25, 0.3) is 0 Å². The molecule has 0 unspecified atom stereocenters. The molecule has 1 atom stereocenters. The lowest BCUT2D eigenvalue weighted by atomic mass is 10.0. The van der Waals surface area contributed by atoms with Gasteiger partial charge in [-0.1, -0.05) is 6.92 Å². The summed E-state index contributed by atoms with van der Waals surface area (Å²) in [6.07, 6.45) is 2.58. The molecule has 1 aromatic heterocycles. The van der Waals surface area contributed by atoms with Crippen molar-refractivity contribution >= 4 is 0 Å². The molecule has 72 valence electrons. The van der Waals surface area contributed by atoms with Gasteiger partial charge in [0.1, 0.15) is 0 Å². The zero-order valence-corrected chi connectivity index (χ0v) is 8.03. The van der Waals surface area contributed by atoms with Crippen molar-refractivity contribution in [3.05, 3.63) is 23.9 Å². The van der Waals surface area contributed by atoms with Gasteiger partial charge in [0, 0.05) is 18.9 Å². The molecule has 3 heteroatoms. The molecule has 0 aromatic carbocycles. The number of aliphatic hydroxyl groups excluding tert-OH is 1. The Bertz CT molecular complexity index is 263. The fourth-order valence-electron chi connectivity index (χ4n) is 1.16. The van der Waals surface area contributed by atoms with Gasteiger partial charge in [-0.2, -0.15) is 0 Å². The van der Waals surface area contributed by atoms with Gasteiger partial charge in [-0.15, -0.1) is 0 Å². The predicted molar refractivity (Wildman–Crippen MR) is 50.7 cm³/mol. The normalized spacial score (nSPS) is 12.5. The third-order valence-corrected chi connectivity index (χ3v) is 1.90. The third-order valence-electron chi connectivity index (χ3n) is 1.90. The van der Waals surface area contributed by atoms with Crippen molar-refractivity contribution in [1.29, 1.82) is 0 Å². The Morgan fingerprint density at radius 2 is 2.38 bits per heavy atom. The Balaban J connectivity index is 2.66. The zero-order valence-electron chi connectivity index (χ0n) is 8.03. The molecular formula is C10H15NO2. The Labute approximate surface area is 78.4 Å². The minimum absolute atomic E-state index is 0.213. The number of ether oxygens (including phenoxy) is 1. The Kier molecular flexibility index (Phi) is 3.71. The number of rotatable bonds is 4. The molecule has 0 aliphatic carbocycles. The average Bonchev–Trinajstić information content (AvgIpc) is 2.18. The second kappa shape index (κ2) is 4.82. The van der Waals surface area contributed by atoms with Crippen molar-refractivity contribution in [2.24, 2.45) is 5.92 Å². The van der Waals surface area contributed by atoms with E-state index in [1.165, 1.54) is 0 Å². The van der Waals surface area contributed by atoms with Crippen LogP contribution in [0.5, 0.6) is 5.88 Å². The minimum Gasteiger partial charge on any atom is -0.481 e. The summed E-state index contributed by atoms with van der Waals surface area (Å²) in [7, 11) is 1.60. The summed E-state index contributed by atoms with van der Waals surface area (Å²) in [5, 5.41) is 8.88. The van der Waals surface area contributed by atoms with Crippen molar-refractivity contribution in [1.82, 2.24) is 4.98 Å². The number of hydrogen-bond donors (Lipinski definition) is 1. The highest BCUT2D eigenvalue weighted by Gasteiger charge is 2.02. The van der Waals surface area contributed by atoms with Crippen molar-refractivity contribution in [3.63, 3.8) is 0 Å². The molecule has 0 aliphatic heterocycles. The Morgan fingerprint density at radius 1 is 1.62 bits per heavy atom. The van der Waals surface area contributed by atoms with Crippen LogP contribution in [0.15, 0.2) is 18.3 Å². The van der Waals surface area contributed by atoms with Crippen LogP contribution in [-0.2, 0) is 6.42 Å². The molecule has 1 rings (SSSR count). The summed E-state index contributed by atoms with van der Waals surface area (Å²) in [6.45, 7) is 2.22. The summed E-state index contributed by atoms with van der Waals surface area (Å²) in [6, 6.07) is 3.83. The number of hydrogen-bond acceptors (Lipinski definition) is 3. The van der Waals surface area contributed by atoms with Gasteiger partial charge in [-0.25, -0.2) is 4.98 Å². The summed E-state index contributed by atoms with van der Waals surface area (Å²) < 4.78 is 5.00. The van der Waals surface area contributed by atoms with E-state index in [0.29, 0.717) is 5.88 Å². The maximum Gasteiger partial charge on any atom is 0.213 e. The van der Waals surface area contributed by atoms with Crippen molar-refractivity contribution in [2.45, 2.75) is 13.3 Å². The van der Waals surface area contributed by atoms with Gasteiger partial charge < -0.3 is 9.84 Å². The van der Waals surface area contributed by atoms with Crippen molar-refractivity contribution < 1.29 is 9.84 Å². The molecule has 0 aliphatic rings.